The summed E-state index contributed by atoms with van der Waals surface area (Å²) in [6, 6.07) is -0.925. The summed E-state index contributed by atoms with van der Waals surface area (Å²) in [6.07, 6.45) is -2.83. The summed E-state index contributed by atoms with van der Waals surface area (Å²) in [5.74, 6) is 0. The highest BCUT2D eigenvalue weighted by atomic mass is 19.3. The molecule has 0 aliphatic heterocycles. The van der Waals surface area contributed by atoms with E-state index in [0.29, 0.717) is 13.1 Å². The molecule has 19 heavy (non-hydrogen) atoms. The minimum Gasteiger partial charge on any atom is -0.444 e. The Morgan fingerprint density at radius 1 is 1.26 bits per heavy atom. The fourth-order valence-electron chi connectivity index (χ4n) is 1.38. The number of amides is 1. The lowest BCUT2D eigenvalue weighted by atomic mass is 10.2. The van der Waals surface area contributed by atoms with Gasteiger partial charge in [0.25, 0.3) is 6.43 Å². The summed E-state index contributed by atoms with van der Waals surface area (Å²) in [7, 11) is 0. The minimum absolute atomic E-state index is 0.0430. The number of halogens is 2. The maximum atomic E-state index is 12.3. The molecule has 0 saturated carbocycles. The van der Waals surface area contributed by atoms with Crippen LogP contribution in [0.3, 0.4) is 0 Å². The van der Waals surface area contributed by atoms with Gasteiger partial charge in [0.05, 0.1) is 6.04 Å². The van der Waals surface area contributed by atoms with Crippen molar-refractivity contribution in [2.45, 2.75) is 65.7 Å². The van der Waals surface area contributed by atoms with Crippen molar-refractivity contribution in [3.63, 3.8) is 0 Å². The van der Waals surface area contributed by atoms with E-state index in [1.54, 1.807) is 20.8 Å². The lowest BCUT2D eigenvalue weighted by Gasteiger charge is -2.30. The molecule has 0 radical (unpaired) electrons. The van der Waals surface area contributed by atoms with Crippen molar-refractivity contribution in [1.82, 2.24) is 10.2 Å². The lowest BCUT2D eigenvalue weighted by molar-refractivity contribution is 0.0188. The second-order valence-electron chi connectivity index (χ2n) is 5.84. The predicted molar refractivity (Wildman–Crippen MR) is 71.5 cm³/mol. The van der Waals surface area contributed by atoms with Crippen molar-refractivity contribution in [2.24, 2.45) is 0 Å². The van der Waals surface area contributed by atoms with Crippen LogP contribution in [0.5, 0.6) is 0 Å². The Morgan fingerprint density at radius 2 is 1.79 bits per heavy atom. The van der Waals surface area contributed by atoms with E-state index in [9.17, 15) is 13.6 Å². The van der Waals surface area contributed by atoms with E-state index in [-0.39, 0.29) is 6.04 Å². The predicted octanol–water partition coefficient (Wildman–Crippen LogP) is 2.88. The van der Waals surface area contributed by atoms with Gasteiger partial charge in [-0.25, -0.2) is 13.6 Å². The quantitative estimate of drug-likeness (QED) is 0.813. The molecule has 0 aliphatic carbocycles. The molecule has 0 saturated heterocycles. The van der Waals surface area contributed by atoms with Crippen LogP contribution in [0.4, 0.5) is 13.6 Å². The molecule has 1 amide bonds. The zero-order chi connectivity index (χ0) is 15.2. The summed E-state index contributed by atoms with van der Waals surface area (Å²) in [4.78, 5) is 13.5. The van der Waals surface area contributed by atoms with Crippen LogP contribution in [0.25, 0.3) is 0 Å². The van der Waals surface area contributed by atoms with E-state index in [0.717, 1.165) is 0 Å². The van der Waals surface area contributed by atoms with Crippen LogP contribution in [0.15, 0.2) is 0 Å². The number of alkyl halides is 2. The summed E-state index contributed by atoms with van der Waals surface area (Å²) < 4.78 is 29.9. The van der Waals surface area contributed by atoms with Crippen molar-refractivity contribution in [1.29, 1.82) is 0 Å². The molecule has 0 heterocycles. The fraction of sp³-hybridized carbons (Fsp3) is 0.923. The Kier molecular flexibility index (Phi) is 7.26. The largest absolute Gasteiger partial charge is 0.444 e. The van der Waals surface area contributed by atoms with Gasteiger partial charge in [0.15, 0.2) is 0 Å². The fourth-order valence-corrected chi connectivity index (χ4v) is 1.38. The maximum absolute atomic E-state index is 12.3. The van der Waals surface area contributed by atoms with Crippen molar-refractivity contribution in [3.05, 3.63) is 0 Å². The molecular formula is C13H26F2N2O2. The van der Waals surface area contributed by atoms with Crippen LogP contribution in [-0.4, -0.2) is 48.2 Å². The van der Waals surface area contributed by atoms with E-state index in [1.807, 2.05) is 13.8 Å². The molecule has 0 aliphatic rings. The van der Waals surface area contributed by atoms with Crippen LogP contribution in [0.1, 0.15) is 41.5 Å². The smallest absolute Gasteiger partial charge is 0.410 e. The molecule has 6 heteroatoms. The van der Waals surface area contributed by atoms with Gasteiger partial charge >= 0.3 is 6.09 Å². The summed E-state index contributed by atoms with van der Waals surface area (Å²) in [5.41, 5.74) is -0.562. The highest BCUT2D eigenvalue weighted by Crippen LogP contribution is 2.11. The number of hydrogen-bond acceptors (Lipinski definition) is 3. The average Bonchev–Trinajstić information content (AvgIpc) is 2.20. The standard InChI is InChI=1S/C13H26F2N2O2/c1-9(2)17(12(18)19-13(4,5)6)8-7-16-10(3)11(14)15/h9-11,16H,7-8H2,1-6H3. The van der Waals surface area contributed by atoms with E-state index in [1.165, 1.54) is 11.8 Å². The molecule has 0 bridgehead atoms. The van der Waals surface area contributed by atoms with Crippen LogP contribution >= 0.6 is 0 Å². The van der Waals surface area contributed by atoms with E-state index < -0.39 is 24.2 Å². The van der Waals surface area contributed by atoms with Gasteiger partial charge in [-0.3, -0.25) is 0 Å². The number of carbonyl (C=O) groups is 1. The molecule has 4 nitrogen and oxygen atoms in total. The number of nitrogens with zero attached hydrogens (tertiary/aromatic N) is 1. The second-order valence-corrected chi connectivity index (χ2v) is 5.84. The van der Waals surface area contributed by atoms with Crippen LogP contribution in [0, 0.1) is 0 Å². The van der Waals surface area contributed by atoms with Gasteiger partial charge in [-0.15, -0.1) is 0 Å². The van der Waals surface area contributed by atoms with Crippen molar-refractivity contribution < 1.29 is 18.3 Å². The Labute approximate surface area is 114 Å². The van der Waals surface area contributed by atoms with Gasteiger partial charge in [0.1, 0.15) is 5.60 Å². The van der Waals surface area contributed by atoms with Crippen molar-refractivity contribution >= 4 is 6.09 Å². The van der Waals surface area contributed by atoms with Gasteiger partial charge in [-0.05, 0) is 41.5 Å². The third-order valence-electron chi connectivity index (χ3n) is 2.45. The van der Waals surface area contributed by atoms with E-state index in [2.05, 4.69) is 5.32 Å². The average molecular weight is 280 g/mol. The number of hydrogen-bond donors (Lipinski definition) is 1. The number of nitrogens with one attached hydrogen (secondary N) is 1. The first-order valence-corrected chi connectivity index (χ1v) is 6.55. The summed E-state index contributed by atoms with van der Waals surface area (Å²) >= 11 is 0. The van der Waals surface area contributed by atoms with Gasteiger partial charge in [-0.2, -0.15) is 0 Å². The Morgan fingerprint density at radius 3 is 2.16 bits per heavy atom. The van der Waals surface area contributed by atoms with Crippen molar-refractivity contribution in [2.75, 3.05) is 13.1 Å². The first kappa shape index (κ1) is 18.1. The molecule has 0 rings (SSSR count). The van der Waals surface area contributed by atoms with Gasteiger partial charge in [-0.1, -0.05) is 0 Å². The Hall–Kier alpha value is -0.910. The van der Waals surface area contributed by atoms with Crippen LogP contribution in [0.2, 0.25) is 0 Å². The van der Waals surface area contributed by atoms with Crippen molar-refractivity contribution in [3.8, 4) is 0 Å². The molecule has 0 aromatic heterocycles. The third-order valence-corrected chi connectivity index (χ3v) is 2.45. The summed E-state index contributed by atoms with van der Waals surface area (Å²) in [6.45, 7) is 11.2. The number of carbonyl (C=O) groups excluding carboxylic acids is 1. The molecule has 1 atom stereocenters. The molecule has 114 valence electrons. The maximum Gasteiger partial charge on any atom is 0.410 e. The van der Waals surface area contributed by atoms with E-state index in [4.69, 9.17) is 4.74 Å². The number of ether oxygens (including phenoxy) is 1. The zero-order valence-electron chi connectivity index (χ0n) is 12.7. The van der Waals surface area contributed by atoms with Gasteiger partial charge in [0, 0.05) is 19.1 Å². The van der Waals surface area contributed by atoms with Crippen LogP contribution < -0.4 is 5.32 Å². The molecule has 0 aromatic rings. The third kappa shape index (κ3) is 7.97. The Bertz CT molecular complexity index is 278. The SMILES string of the molecule is CC(NCCN(C(=O)OC(C)(C)C)C(C)C)C(F)F. The Balaban J connectivity index is 4.31. The number of rotatable bonds is 6. The van der Waals surface area contributed by atoms with Gasteiger partial charge < -0.3 is 15.0 Å². The summed E-state index contributed by atoms with van der Waals surface area (Å²) in [5, 5.41) is 2.69. The first-order valence-electron chi connectivity index (χ1n) is 6.55. The molecule has 0 spiro atoms. The molecule has 1 unspecified atom stereocenters. The normalized spacial score (nSPS) is 13.8. The first-order chi connectivity index (χ1) is 8.54. The zero-order valence-corrected chi connectivity index (χ0v) is 12.7. The van der Waals surface area contributed by atoms with E-state index >= 15 is 0 Å². The topological polar surface area (TPSA) is 41.6 Å². The minimum atomic E-state index is -2.41. The molecular weight excluding hydrogens is 254 g/mol. The highest BCUT2D eigenvalue weighted by Gasteiger charge is 2.24. The lowest BCUT2D eigenvalue weighted by Crippen LogP contribution is -2.46. The van der Waals surface area contributed by atoms with Crippen LogP contribution in [-0.2, 0) is 4.74 Å². The second kappa shape index (κ2) is 7.62. The highest BCUT2D eigenvalue weighted by molar-refractivity contribution is 5.68. The molecule has 0 aromatic carbocycles. The monoisotopic (exact) mass is 280 g/mol. The molecule has 1 N–H and O–H groups in total. The molecule has 0 fully saturated rings. The van der Waals surface area contributed by atoms with Gasteiger partial charge in [0.2, 0.25) is 0 Å².